The molecule has 4 heteroatoms. The number of ketones is 1. The highest BCUT2D eigenvalue weighted by atomic mass is 32.1. The van der Waals surface area contributed by atoms with Gasteiger partial charge in [0.15, 0.2) is 0 Å². The first-order chi connectivity index (χ1) is 12.2. The molecule has 0 N–H and O–H groups in total. The summed E-state index contributed by atoms with van der Waals surface area (Å²) in [6.07, 6.45) is 6.07. The van der Waals surface area contributed by atoms with Crippen LogP contribution in [0.1, 0.15) is 20.8 Å². The lowest BCUT2D eigenvalue weighted by Crippen LogP contribution is -2.02. The molecule has 25 heavy (non-hydrogen) atoms. The van der Waals surface area contributed by atoms with Crippen molar-refractivity contribution in [3.63, 3.8) is 0 Å². The van der Waals surface area contributed by atoms with Crippen molar-refractivity contribution in [2.75, 3.05) is 14.2 Å². The minimum absolute atomic E-state index is 0.0269. The van der Waals surface area contributed by atoms with Crippen molar-refractivity contribution in [3.05, 3.63) is 76.7 Å². The quantitative estimate of drug-likeness (QED) is 0.602. The van der Waals surface area contributed by atoms with Crippen LogP contribution in [-0.4, -0.2) is 20.0 Å². The lowest BCUT2D eigenvalue weighted by molar-refractivity contribution is 0.104. The molecule has 0 spiro atoms. The third-order valence-electron chi connectivity index (χ3n) is 4.30. The van der Waals surface area contributed by atoms with Crippen molar-refractivity contribution >= 4 is 32.8 Å². The summed E-state index contributed by atoms with van der Waals surface area (Å²) < 4.78 is 11.5. The van der Waals surface area contributed by atoms with E-state index in [-0.39, 0.29) is 5.78 Å². The molecule has 3 nitrogen and oxygen atoms in total. The summed E-state index contributed by atoms with van der Waals surface area (Å²) in [5.74, 6) is 1.56. The van der Waals surface area contributed by atoms with Gasteiger partial charge in [0.2, 0.25) is 5.78 Å². The van der Waals surface area contributed by atoms with Gasteiger partial charge in [0.05, 0.1) is 19.1 Å². The fraction of sp³-hybridized carbons (Fsp3) is 0.0952. The highest BCUT2D eigenvalue weighted by Crippen LogP contribution is 2.40. The van der Waals surface area contributed by atoms with Crippen LogP contribution in [0.3, 0.4) is 0 Å². The lowest BCUT2D eigenvalue weighted by atomic mass is 9.94. The number of rotatable bonds is 5. The molecule has 0 amide bonds. The number of fused-ring (bicyclic) bond motifs is 1. The fourth-order valence-corrected chi connectivity index (χ4v) is 4.10. The molecule has 124 valence electrons. The van der Waals surface area contributed by atoms with Crippen LogP contribution in [0.15, 0.2) is 60.7 Å². The van der Waals surface area contributed by atoms with E-state index in [0.717, 1.165) is 37.6 Å². The third kappa shape index (κ3) is 2.65. The number of hydrogen-bond donors (Lipinski definition) is 0. The van der Waals surface area contributed by atoms with Crippen molar-refractivity contribution in [3.8, 4) is 11.5 Å². The number of carbonyl (C=O) groups excluding carboxylic acids is 1. The first kappa shape index (κ1) is 15.7. The summed E-state index contributed by atoms with van der Waals surface area (Å²) in [7, 11) is 3.26. The van der Waals surface area contributed by atoms with Crippen LogP contribution in [0.4, 0.5) is 0 Å². The van der Waals surface area contributed by atoms with Gasteiger partial charge >= 0.3 is 0 Å². The summed E-state index contributed by atoms with van der Waals surface area (Å²) in [5.41, 5.74) is 2.75. The standard InChI is InChI=1S/C21H16O3S/c1-23-15-8-6-14(7-9-15)20(22)21-19(13-4-3-5-13)17-11-10-16(24-2)12-18(17)25-21/h3-12H,1-2H3. The average molecular weight is 348 g/mol. The van der Waals surface area contributed by atoms with Gasteiger partial charge in [-0.1, -0.05) is 18.2 Å². The van der Waals surface area contributed by atoms with Crippen LogP contribution in [-0.2, 0) is 0 Å². The Kier molecular flexibility index (Phi) is 3.90. The predicted octanol–water partition coefficient (Wildman–Crippen LogP) is 5.10. The zero-order chi connectivity index (χ0) is 17.4. The van der Waals surface area contributed by atoms with Crippen LogP contribution in [0.5, 0.6) is 11.5 Å². The van der Waals surface area contributed by atoms with E-state index in [1.165, 1.54) is 11.3 Å². The van der Waals surface area contributed by atoms with Gasteiger partial charge in [-0.15, -0.1) is 11.3 Å². The Morgan fingerprint density at radius 3 is 2.24 bits per heavy atom. The molecular weight excluding hydrogens is 332 g/mol. The molecule has 0 saturated heterocycles. The van der Waals surface area contributed by atoms with Crippen molar-refractivity contribution < 1.29 is 14.3 Å². The maximum Gasteiger partial charge on any atom is 0.203 e. The number of hydrogen-bond acceptors (Lipinski definition) is 4. The predicted molar refractivity (Wildman–Crippen MR) is 102 cm³/mol. The molecule has 0 unspecified atom stereocenters. The number of methoxy groups -OCH3 is 2. The zero-order valence-corrected chi connectivity index (χ0v) is 14.7. The Morgan fingerprint density at radius 1 is 0.960 bits per heavy atom. The first-order valence-corrected chi connectivity index (χ1v) is 8.71. The molecule has 0 radical (unpaired) electrons. The number of thiophene rings is 1. The van der Waals surface area contributed by atoms with Gasteiger partial charge in [-0.25, -0.2) is 0 Å². The summed E-state index contributed by atoms with van der Waals surface area (Å²) in [4.78, 5) is 13.9. The molecule has 2 aromatic carbocycles. The highest BCUT2D eigenvalue weighted by Gasteiger charge is 2.22. The third-order valence-corrected chi connectivity index (χ3v) is 5.45. The summed E-state index contributed by atoms with van der Waals surface area (Å²) in [6.45, 7) is 0. The van der Waals surface area contributed by atoms with Gasteiger partial charge in [-0.2, -0.15) is 0 Å². The normalized spacial score (nSPS) is 12.6. The molecule has 3 aromatic rings. The van der Waals surface area contributed by atoms with E-state index < -0.39 is 0 Å². The monoisotopic (exact) mass is 348 g/mol. The Labute approximate surface area is 149 Å². The van der Waals surface area contributed by atoms with Crippen LogP contribution in [0.25, 0.3) is 15.7 Å². The van der Waals surface area contributed by atoms with Crippen LogP contribution in [0, 0.1) is 0 Å². The molecule has 0 atom stereocenters. The largest absolute Gasteiger partial charge is 0.497 e. The molecule has 4 rings (SSSR count). The van der Waals surface area contributed by atoms with E-state index in [4.69, 9.17) is 9.47 Å². The maximum atomic E-state index is 13.1. The van der Waals surface area contributed by atoms with E-state index in [0.29, 0.717) is 5.56 Å². The van der Waals surface area contributed by atoms with Crippen molar-refractivity contribution in [2.45, 2.75) is 0 Å². The van der Waals surface area contributed by atoms with Gasteiger partial charge < -0.3 is 9.47 Å². The minimum atomic E-state index is 0.0269. The zero-order valence-electron chi connectivity index (χ0n) is 13.9. The molecule has 0 bridgehead atoms. The summed E-state index contributed by atoms with van der Waals surface area (Å²) in [6, 6.07) is 13.2. The molecule has 1 aliphatic carbocycles. The molecule has 0 saturated carbocycles. The van der Waals surface area contributed by atoms with E-state index in [1.54, 1.807) is 26.4 Å². The Hall–Kier alpha value is -2.85. The minimum Gasteiger partial charge on any atom is -0.497 e. The lowest BCUT2D eigenvalue weighted by Gasteiger charge is -2.10. The smallest absolute Gasteiger partial charge is 0.203 e. The molecule has 1 aromatic heterocycles. The van der Waals surface area contributed by atoms with E-state index >= 15 is 0 Å². The van der Waals surface area contributed by atoms with Crippen LogP contribution in [0.2, 0.25) is 0 Å². The number of allylic oxidation sites excluding steroid dienone is 4. The Balaban J connectivity index is 1.85. The second-order valence-corrected chi connectivity index (χ2v) is 6.76. The van der Waals surface area contributed by atoms with Crippen molar-refractivity contribution in [2.24, 2.45) is 0 Å². The van der Waals surface area contributed by atoms with Crippen molar-refractivity contribution in [1.82, 2.24) is 0 Å². The number of benzene rings is 2. The molecule has 0 aliphatic heterocycles. The first-order valence-electron chi connectivity index (χ1n) is 7.89. The topological polar surface area (TPSA) is 35.5 Å². The molecule has 0 fully saturated rings. The van der Waals surface area contributed by atoms with Gasteiger partial charge in [0.1, 0.15) is 11.5 Å². The average Bonchev–Trinajstić information content (AvgIpc) is 2.98. The van der Waals surface area contributed by atoms with E-state index in [1.807, 2.05) is 48.6 Å². The van der Waals surface area contributed by atoms with Gasteiger partial charge in [0, 0.05) is 21.2 Å². The fourth-order valence-electron chi connectivity index (χ4n) is 2.88. The van der Waals surface area contributed by atoms with E-state index in [2.05, 4.69) is 0 Å². The second kappa shape index (κ2) is 6.22. The van der Waals surface area contributed by atoms with Gasteiger partial charge in [-0.05, 0) is 48.0 Å². The number of ether oxygens (including phenoxy) is 2. The second-order valence-electron chi connectivity index (χ2n) is 5.71. The summed E-state index contributed by atoms with van der Waals surface area (Å²) >= 11 is 1.51. The maximum absolute atomic E-state index is 13.1. The Bertz CT molecular complexity index is 1020. The Morgan fingerprint density at radius 2 is 1.64 bits per heavy atom. The van der Waals surface area contributed by atoms with Gasteiger partial charge in [-0.3, -0.25) is 4.79 Å². The molecular formula is C21H16O3S. The molecule has 1 aliphatic rings. The van der Waals surface area contributed by atoms with E-state index in [9.17, 15) is 4.79 Å². The van der Waals surface area contributed by atoms with Gasteiger partial charge in [0.25, 0.3) is 0 Å². The SMILES string of the molecule is COc1ccc(C(=O)c2sc3cc(OC)ccc3c2C2=CC=C2)cc1. The van der Waals surface area contributed by atoms with Crippen LogP contribution >= 0.6 is 11.3 Å². The van der Waals surface area contributed by atoms with Crippen LogP contribution < -0.4 is 9.47 Å². The summed E-state index contributed by atoms with van der Waals surface area (Å²) in [5, 5.41) is 1.08. The van der Waals surface area contributed by atoms with Crippen molar-refractivity contribution in [1.29, 1.82) is 0 Å². The highest BCUT2D eigenvalue weighted by molar-refractivity contribution is 7.21. The molecule has 1 heterocycles. The number of carbonyl (C=O) groups is 1.